The van der Waals surface area contributed by atoms with E-state index in [0.717, 1.165) is 0 Å². The van der Waals surface area contributed by atoms with Crippen molar-refractivity contribution in [3.8, 4) is 5.75 Å². The van der Waals surface area contributed by atoms with Gasteiger partial charge in [0, 0.05) is 16.5 Å². The van der Waals surface area contributed by atoms with Gasteiger partial charge >= 0.3 is 0 Å². The van der Waals surface area contributed by atoms with Crippen LogP contribution < -0.4 is 4.90 Å². The molecule has 0 aromatic heterocycles. The molecule has 5 nitrogen and oxygen atoms in total. The number of hydrogen-bond donors (Lipinski definition) is 2. The summed E-state index contributed by atoms with van der Waals surface area (Å²) in [6.07, 6.45) is -1.13. The number of benzene rings is 3. The van der Waals surface area contributed by atoms with E-state index in [-0.39, 0.29) is 11.5 Å². The lowest BCUT2D eigenvalue weighted by Crippen LogP contribution is -2.61. The summed E-state index contributed by atoms with van der Waals surface area (Å²) in [6.45, 7) is 0. The molecular weight excluding hydrogens is 424 g/mol. The van der Waals surface area contributed by atoms with E-state index in [4.69, 9.17) is 0 Å². The van der Waals surface area contributed by atoms with Crippen molar-refractivity contribution in [1.82, 2.24) is 0 Å². The van der Waals surface area contributed by atoms with Gasteiger partial charge in [0.05, 0.1) is 17.9 Å². The molecule has 1 unspecified atom stereocenters. The van der Waals surface area contributed by atoms with Crippen LogP contribution in [0, 0.1) is 11.6 Å². The number of nitrogens with zero attached hydrogens (tertiary/aromatic N) is 1. The summed E-state index contributed by atoms with van der Waals surface area (Å²) < 4.78 is 39.5. The molecule has 0 radical (unpaired) electrons. The number of β-lactam (4-membered cyclic amide) rings is 1. The molecule has 0 spiro atoms. The minimum atomic E-state index is -1.75. The molecule has 4 rings (SSSR count). The SMILES string of the molecule is O=C1[C@H](S(=O)C[C@H](O)c2ccc(F)cc2)[C@@H](c2ccc(O)cc2)N1c1ccc(F)cc1. The van der Waals surface area contributed by atoms with Crippen molar-refractivity contribution in [3.05, 3.63) is 95.6 Å². The number of aliphatic hydroxyl groups excluding tert-OH is 1. The van der Waals surface area contributed by atoms with Gasteiger partial charge in [0.25, 0.3) is 0 Å². The van der Waals surface area contributed by atoms with Crippen molar-refractivity contribution >= 4 is 22.4 Å². The summed E-state index contributed by atoms with van der Waals surface area (Å²) in [5.74, 6) is -1.45. The number of carbonyl (C=O) groups excluding carboxylic acids is 1. The van der Waals surface area contributed by atoms with Crippen LogP contribution >= 0.6 is 0 Å². The summed E-state index contributed by atoms with van der Waals surface area (Å²) in [6, 6.07) is 16.2. The van der Waals surface area contributed by atoms with E-state index in [1.54, 1.807) is 12.1 Å². The molecule has 2 N–H and O–H groups in total. The minimum absolute atomic E-state index is 0.0483. The van der Waals surface area contributed by atoms with Crippen LogP contribution in [0.5, 0.6) is 5.75 Å². The fourth-order valence-electron chi connectivity index (χ4n) is 3.64. The Morgan fingerprint density at radius 3 is 2.03 bits per heavy atom. The second-order valence-electron chi connectivity index (χ2n) is 7.26. The quantitative estimate of drug-likeness (QED) is 0.571. The highest BCUT2D eigenvalue weighted by atomic mass is 32.2. The molecule has 1 aliphatic rings. The lowest BCUT2D eigenvalue weighted by Gasteiger charge is -2.47. The van der Waals surface area contributed by atoms with Crippen molar-refractivity contribution in [3.63, 3.8) is 0 Å². The largest absolute Gasteiger partial charge is 0.508 e. The first kappa shape index (κ1) is 21.1. The fraction of sp³-hybridized carbons (Fsp3) is 0.174. The lowest BCUT2D eigenvalue weighted by atomic mass is 9.92. The Bertz CT molecular complexity index is 1100. The maximum atomic E-state index is 13.3. The smallest absolute Gasteiger partial charge is 0.245 e. The predicted octanol–water partition coefficient (Wildman–Crippen LogP) is 3.61. The summed E-state index contributed by atoms with van der Waals surface area (Å²) in [7, 11) is -1.75. The van der Waals surface area contributed by atoms with E-state index in [2.05, 4.69) is 0 Å². The van der Waals surface area contributed by atoms with Crippen molar-refractivity contribution in [2.24, 2.45) is 0 Å². The molecular formula is C23H19F2NO4S. The number of phenols is 1. The number of halogens is 2. The van der Waals surface area contributed by atoms with Crippen molar-refractivity contribution in [2.45, 2.75) is 17.4 Å². The summed E-state index contributed by atoms with van der Waals surface area (Å²) in [5, 5.41) is 19.1. The fourth-order valence-corrected chi connectivity index (χ4v) is 5.26. The van der Waals surface area contributed by atoms with Crippen LogP contribution in [0.15, 0.2) is 72.8 Å². The van der Waals surface area contributed by atoms with Crippen molar-refractivity contribution < 1.29 is 28.0 Å². The Kier molecular flexibility index (Phi) is 5.84. The standard InChI is InChI=1S/C23H19F2NO4S/c24-16-5-1-14(2-6-16)20(28)13-31(30)22-21(15-3-11-19(27)12-4-15)26(23(22)29)18-9-7-17(25)8-10-18/h1-12,20-22,27-28H,13H2/t20-,21+,22+,31?/m0/s1. The topological polar surface area (TPSA) is 77.8 Å². The maximum absolute atomic E-state index is 13.3. The Morgan fingerprint density at radius 1 is 0.903 bits per heavy atom. The third-order valence-corrected chi connectivity index (χ3v) is 6.92. The van der Waals surface area contributed by atoms with Gasteiger partial charge < -0.3 is 15.1 Å². The number of hydrogen-bond acceptors (Lipinski definition) is 4. The molecule has 1 amide bonds. The van der Waals surface area contributed by atoms with Crippen LogP contribution in [0.2, 0.25) is 0 Å². The van der Waals surface area contributed by atoms with Gasteiger partial charge in [0.15, 0.2) is 0 Å². The van der Waals surface area contributed by atoms with Gasteiger partial charge in [-0.2, -0.15) is 0 Å². The van der Waals surface area contributed by atoms with E-state index in [1.807, 2.05) is 0 Å². The zero-order chi connectivity index (χ0) is 22.1. The van der Waals surface area contributed by atoms with Crippen molar-refractivity contribution in [1.29, 1.82) is 0 Å². The van der Waals surface area contributed by atoms with Gasteiger partial charge in [-0.25, -0.2) is 8.78 Å². The molecule has 31 heavy (non-hydrogen) atoms. The zero-order valence-electron chi connectivity index (χ0n) is 16.2. The minimum Gasteiger partial charge on any atom is -0.508 e. The van der Waals surface area contributed by atoms with Crippen LogP contribution in [0.4, 0.5) is 14.5 Å². The third kappa shape index (κ3) is 4.22. The molecule has 1 aliphatic heterocycles. The predicted molar refractivity (Wildman–Crippen MR) is 113 cm³/mol. The number of rotatable bonds is 6. The molecule has 1 fully saturated rings. The summed E-state index contributed by atoms with van der Waals surface area (Å²) in [5.41, 5.74) is 1.51. The van der Waals surface area contributed by atoms with Crippen LogP contribution in [0.3, 0.4) is 0 Å². The highest BCUT2D eigenvalue weighted by Crippen LogP contribution is 2.42. The number of anilines is 1. The molecule has 8 heteroatoms. The van der Waals surface area contributed by atoms with Gasteiger partial charge in [-0.1, -0.05) is 24.3 Å². The average molecular weight is 443 g/mol. The average Bonchev–Trinajstić information content (AvgIpc) is 2.74. The molecule has 3 aromatic rings. The second kappa shape index (κ2) is 8.56. The molecule has 1 saturated heterocycles. The Morgan fingerprint density at radius 2 is 1.45 bits per heavy atom. The van der Waals surface area contributed by atoms with E-state index >= 15 is 0 Å². The first-order chi connectivity index (χ1) is 14.8. The maximum Gasteiger partial charge on any atom is 0.245 e. The van der Waals surface area contributed by atoms with Gasteiger partial charge in [-0.3, -0.25) is 9.00 Å². The van der Waals surface area contributed by atoms with Crippen LogP contribution in [0.25, 0.3) is 0 Å². The normalized spacial score (nSPS) is 20.2. The molecule has 160 valence electrons. The number of aromatic hydroxyl groups is 1. The van der Waals surface area contributed by atoms with Crippen LogP contribution in [0.1, 0.15) is 23.3 Å². The Labute approximate surface area is 180 Å². The first-order valence-corrected chi connectivity index (χ1v) is 10.9. The van der Waals surface area contributed by atoms with Gasteiger partial charge in [-0.15, -0.1) is 0 Å². The third-order valence-electron chi connectivity index (χ3n) is 5.25. The molecule has 0 saturated carbocycles. The molecule has 4 atom stereocenters. The monoisotopic (exact) mass is 443 g/mol. The number of amides is 1. The lowest BCUT2D eigenvalue weighted by molar-refractivity contribution is -0.123. The number of phenolic OH excluding ortho intramolecular Hbond substituents is 1. The summed E-state index contributed by atoms with van der Waals surface area (Å²) in [4.78, 5) is 14.4. The second-order valence-corrected chi connectivity index (χ2v) is 8.86. The van der Waals surface area contributed by atoms with Gasteiger partial charge in [0.2, 0.25) is 5.91 Å². The van der Waals surface area contributed by atoms with E-state index < -0.39 is 45.7 Å². The van der Waals surface area contributed by atoms with Gasteiger partial charge in [-0.05, 0) is 59.7 Å². The molecule has 3 aromatic carbocycles. The summed E-state index contributed by atoms with van der Waals surface area (Å²) >= 11 is 0. The van der Waals surface area contributed by atoms with E-state index in [0.29, 0.717) is 16.8 Å². The van der Waals surface area contributed by atoms with Crippen LogP contribution in [-0.4, -0.2) is 31.3 Å². The molecule has 1 heterocycles. The highest BCUT2D eigenvalue weighted by molar-refractivity contribution is 7.86. The highest BCUT2D eigenvalue weighted by Gasteiger charge is 2.52. The Hall–Kier alpha value is -3.10. The number of aliphatic hydroxyl groups is 1. The molecule has 0 bridgehead atoms. The zero-order valence-corrected chi connectivity index (χ0v) is 17.0. The number of carbonyl (C=O) groups is 1. The van der Waals surface area contributed by atoms with Crippen LogP contribution in [-0.2, 0) is 15.6 Å². The molecule has 0 aliphatic carbocycles. The first-order valence-electron chi connectivity index (χ1n) is 9.53. The Balaban J connectivity index is 1.61. The van der Waals surface area contributed by atoms with Crippen molar-refractivity contribution in [2.75, 3.05) is 10.7 Å². The van der Waals surface area contributed by atoms with Gasteiger partial charge in [0.1, 0.15) is 22.6 Å². The van der Waals surface area contributed by atoms with E-state index in [9.17, 15) is 28.0 Å². The van der Waals surface area contributed by atoms with E-state index in [1.165, 1.54) is 65.6 Å².